The highest BCUT2D eigenvalue weighted by Gasteiger charge is 2.38. The van der Waals surface area contributed by atoms with Gasteiger partial charge in [-0.3, -0.25) is 9.59 Å². The summed E-state index contributed by atoms with van der Waals surface area (Å²) >= 11 is 0. The quantitative estimate of drug-likeness (QED) is 0.879. The fraction of sp³-hybridized carbons (Fsp3) is 0.600. The highest BCUT2D eigenvalue weighted by atomic mass is 35.5. The molecular weight excluding hydrogens is 350 g/mol. The van der Waals surface area contributed by atoms with Crippen molar-refractivity contribution in [3.8, 4) is 0 Å². The maximum Gasteiger partial charge on any atom is 0.227 e. The highest BCUT2D eigenvalue weighted by molar-refractivity contribution is 5.97. The lowest BCUT2D eigenvalue weighted by atomic mass is 9.78. The van der Waals surface area contributed by atoms with Gasteiger partial charge in [0.25, 0.3) is 0 Å². The summed E-state index contributed by atoms with van der Waals surface area (Å²) in [7, 11) is 0. The van der Waals surface area contributed by atoms with E-state index in [0.29, 0.717) is 24.8 Å². The molecule has 0 aromatic heterocycles. The second-order valence-electron chi connectivity index (χ2n) is 7.73. The van der Waals surface area contributed by atoms with Crippen LogP contribution in [-0.2, 0) is 16.0 Å². The van der Waals surface area contributed by atoms with Crippen LogP contribution in [0, 0.1) is 5.41 Å². The first-order chi connectivity index (χ1) is 12.2. The summed E-state index contributed by atoms with van der Waals surface area (Å²) in [5.74, 6) is 0.331. The second-order valence-corrected chi connectivity index (χ2v) is 7.73. The number of hydrogen-bond acceptors (Lipinski definition) is 3. The molecule has 0 aliphatic carbocycles. The Morgan fingerprint density at radius 2 is 1.88 bits per heavy atom. The molecule has 3 aliphatic heterocycles. The number of amides is 2. The van der Waals surface area contributed by atoms with Gasteiger partial charge in [0.1, 0.15) is 0 Å². The lowest BCUT2D eigenvalue weighted by Gasteiger charge is -2.39. The lowest BCUT2D eigenvalue weighted by molar-refractivity contribution is -0.133. The number of hydrogen-bond donors (Lipinski definition) is 1. The van der Waals surface area contributed by atoms with Crippen LogP contribution >= 0.6 is 12.4 Å². The number of benzene rings is 1. The molecule has 0 unspecified atom stereocenters. The van der Waals surface area contributed by atoms with E-state index in [2.05, 4.69) is 11.4 Å². The molecule has 1 spiro atoms. The van der Waals surface area contributed by atoms with Crippen molar-refractivity contribution in [3.63, 3.8) is 0 Å². The van der Waals surface area contributed by atoms with Crippen LogP contribution in [0.2, 0.25) is 0 Å². The fourth-order valence-electron chi connectivity index (χ4n) is 4.56. The van der Waals surface area contributed by atoms with Gasteiger partial charge in [0.05, 0.1) is 0 Å². The number of piperidine rings is 1. The highest BCUT2D eigenvalue weighted by Crippen LogP contribution is 2.37. The molecule has 3 heterocycles. The van der Waals surface area contributed by atoms with Gasteiger partial charge in [0.2, 0.25) is 11.8 Å². The third-order valence-corrected chi connectivity index (χ3v) is 6.25. The van der Waals surface area contributed by atoms with Crippen LogP contribution in [0.4, 0.5) is 5.69 Å². The molecule has 1 aromatic rings. The molecule has 2 amide bonds. The maximum atomic E-state index is 12.6. The Balaban J connectivity index is 0.00000196. The second kappa shape index (κ2) is 7.97. The third-order valence-electron chi connectivity index (χ3n) is 6.25. The summed E-state index contributed by atoms with van der Waals surface area (Å²) in [5, 5.41) is 3.46. The molecule has 5 nitrogen and oxygen atoms in total. The minimum absolute atomic E-state index is 0. The van der Waals surface area contributed by atoms with Gasteiger partial charge in [-0.05, 0) is 49.3 Å². The van der Waals surface area contributed by atoms with Crippen LogP contribution in [-0.4, -0.2) is 49.4 Å². The van der Waals surface area contributed by atoms with Crippen molar-refractivity contribution in [1.82, 2.24) is 10.2 Å². The number of carbonyl (C=O) groups is 2. The van der Waals surface area contributed by atoms with Crippen molar-refractivity contribution in [3.05, 3.63) is 29.8 Å². The predicted octanol–water partition coefficient (Wildman–Crippen LogP) is 2.38. The van der Waals surface area contributed by atoms with Crippen LogP contribution in [0.15, 0.2) is 24.3 Å². The SMILES string of the molecule is Cl.O=C(CCN1C(=O)CCc2ccccc21)N1CCC2(CCNC2)CC1. The van der Waals surface area contributed by atoms with Crippen LogP contribution in [0.25, 0.3) is 0 Å². The number of aryl methyl sites for hydroxylation is 1. The fourth-order valence-corrected chi connectivity index (χ4v) is 4.56. The van der Waals surface area contributed by atoms with Gasteiger partial charge in [-0.2, -0.15) is 0 Å². The monoisotopic (exact) mass is 377 g/mol. The number of fused-ring (bicyclic) bond motifs is 1. The average Bonchev–Trinajstić information content (AvgIpc) is 3.09. The lowest BCUT2D eigenvalue weighted by Crippen LogP contribution is -2.45. The summed E-state index contributed by atoms with van der Waals surface area (Å²) in [5.41, 5.74) is 2.63. The first kappa shape index (κ1) is 19.2. The molecule has 3 aliphatic rings. The minimum atomic E-state index is 0. The van der Waals surface area contributed by atoms with Gasteiger partial charge in [-0.15, -0.1) is 12.4 Å². The van der Waals surface area contributed by atoms with Crippen molar-refractivity contribution >= 4 is 29.9 Å². The number of nitrogens with zero attached hydrogens (tertiary/aromatic N) is 2. The molecule has 0 bridgehead atoms. The molecule has 0 atom stereocenters. The molecule has 6 heteroatoms. The standard InChI is InChI=1S/C20H27N3O2.ClH/c24-18(22-13-9-20(10-14-22)8-11-21-15-20)7-12-23-17-4-2-1-3-16(17)5-6-19(23)25;/h1-4,21H,5-15H2;1H. The van der Waals surface area contributed by atoms with E-state index in [1.807, 2.05) is 28.0 Å². The normalized spacial score (nSPS) is 21.5. The van der Waals surface area contributed by atoms with E-state index in [1.54, 1.807) is 0 Å². The Morgan fingerprint density at radius 3 is 2.62 bits per heavy atom. The largest absolute Gasteiger partial charge is 0.343 e. The number of carbonyl (C=O) groups excluding carboxylic acids is 2. The van der Waals surface area contributed by atoms with Gasteiger partial charge in [-0.1, -0.05) is 18.2 Å². The van der Waals surface area contributed by atoms with Crippen molar-refractivity contribution < 1.29 is 9.59 Å². The van der Waals surface area contributed by atoms with Crippen LogP contribution in [0.5, 0.6) is 0 Å². The Kier molecular flexibility index (Phi) is 5.88. The van der Waals surface area contributed by atoms with E-state index in [0.717, 1.165) is 51.1 Å². The average molecular weight is 378 g/mol. The summed E-state index contributed by atoms with van der Waals surface area (Å²) in [6, 6.07) is 8.05. The summed E-state index contributed by atoms with van der Waals surface area (Å²) < 4.78 is 0. The van der Waals surface area contributed by atoms with Crippen LogP contribution in [0.3, 0.4) is 0 Å². The first-order valence-electron chi connectivity index (χ1n) is 9.54. The van der Waals surface area contributed by atoms with E-state index in [-0.39, 0.29) is 24.2 Å². The Morgan fingerprint density at radius 1 is 1.12 bits per heavy atom. The molecule has 4 rings (SSSR count). The zero-order chi connectivity index (χ0) is 17.3. The number of anilines is 1. The molecule has 0 radical (unpaired) electrons. The van der Waals surface area contributed by atoms with E-state index in [1.165, 1.54) is 12.0 Å². The number of halogens is 1. The zero-order valence-corrected chi connectivity index (χ0v) is 16.0. The molecule has 0 saturated carbocycles. The molecule has 1 aromatic carbocycles. The number of para-hydroxylation sites is 1. The summed E-state index contributed by atoms with van der Waals surface area (Å²) in [6.07, 6.45) is 5.24. The van der Waals surface area contributed by atoms with Gasteiger partial charge < -0.3 is 15.1 Å². The number of nitrogens with one attached hydrogen (secondary N) is 1. The first-order valence-corrected chi connectivity index (χ1v) is 9.54. The van der Waals surface area contributed by atoms with Crippen LogP contribution < -0.4 is 10.2 Å². The minimum Gasteiger partial charge on any atom is -0.343 e. The summed E-state index contributed by atoms with van der Waals surface area (Å²) in [6.45, 7) is 4.45. The van der Waals surface area contributed by atoms with Crippen molar-refractivity contribution in [2.75, 3.05) is 37.6 Å². The van der Waals surface area contributed by atoms with Crippen molar-refractivity contribution in [1.29, 1.82) is 0 Å². The Hall–Kier alpha value is -1.59. The molecule has 2 saturated heterocycles. The smallest absolute Gasteiger partial charge is 0.227 e. The summed E-state index contributed by atoms with van der Waals surface area (Å²) in [4.78, 5) is 28.8. The topological polar surface area (TPSA) is 52.7 Å². The van der Waals surface area contributed by atoms with Crippen molar-refractivity contribution in [2.45, 2.75) is 38.5 Å². The van der Waals surface area contributed by atoms with E-state index in [9.17, 15) is 9.59 Å². The number of likely N-dealkylation sites (tertiary alicyclic amines) is 1. The molecule has 1 N–H and O–H groups in total. The molecule has 2 fully saturated rings. The zero-order valence-electron chi connectivity index (χ0n) is 15.2. The van der Waals surface area contributed by atoms with Gasteiger partial charge in [-0.25, -0.2) is 0 Å². The molecule has 142 valence electrons. The van der Waals surface area contributed by atoms with Gasteiger partial charge >= 0.3 is 0 Å². The molecule has 26 heavy (non-hydrogen) atoms. The van der Waals surface area contributed by atoms with Crippen molar-refractivity contribution in [2.24, 2.45) is 5.41 Å². The predicted molar refractivity (Wildman–Crippen MR) is 105 cm³/mol. The van der Waals surface area contributed by atoms with Crippen LogP contribution in [0.1, 0.15) is 37.7 Å². The Labute approximate surface area is 161 Å². The van der Waals surface area contributed by atoms with E-state index < -0.39 is 0 Å². The third kappa shape index (κ3) is 3.74. The Bertz CT molecular complexity index is 663. The maximum absolute atomic E-state index is 12.6. The number of rotatable bonds is 3. The van der Waals surface area contributed by atoms with E-state index >= 15 is 0 Å². The molecular formula is C20H28ClN3O2. The van der Waals surface area contributed by atoms with E-state index in [4.69, 9.17) is 0 Å². The van der Waals surface area contributed by atoms with Gasteiger partial charge in [0.15, 0.2) is 0 Å². The van der Waals surface area contributed by atoms with Gasteiger partial charge in [0, 0.05) is 44.7 Å².